The van der Waals surface area contributed by atoms with Crippen LogP contribution in [0.1, 0.15) is 17.7 Å². The Balaban J connectivity index is 1.52. The van der Waals surface area contributed by atoms with E-state index in [2.05, 4.69) is 10.5 Å². The number of thiocarbonyl (C=S) groups is 1. The van der Waals surface area contributed by atoms with Gasteiger partial charge >= 0.3 is 0 Å². The summed E-state index contributed by atoms with van der Waals surface area (Å²) in [7, 11) is 1.64. The third-order valence-electron chi connectivity index (χ3n) is 3.52. The molecule has 122 valence electrons. The number of hydrogen-bond acceptors (Lipinski definition) is 6. The van der Waals surface area contributed by atoms with E-state index in [-0.39, 0.29) is 6.04 Å². The second kappa shape index (κ2) is 7.43. The zero-order valence-electron chi connectivity index (χ0n) is 12.8. The van der Waals surface area contributed by atoms with Crippen LogP contribution in [0.3, 0.4) is 0 Å². The molecule has 2 heterocycles. The third kappa shape index (κ3) is 4.20. The first-order chi connectivity index (χ1) is 11.2. The molecule has 23 heavy (non-hydrogen) atoms. The molecule has 0 unspecified atom stereocenters. The van der Waals surface area contributed by atoms with Gasteiger partial charge in [0.2, 0.25) is 0 Å². The van der Waals surface area contributed by atoms with Crippen molar-refractivity contribution in [2.24, 2.45) is 0 Å². The standard InChI is InChI=1S/C16H18N2O4S/c1-19-13-4-2-11(3-5-13)9-21-15-8-14(22-18-15)16(23)17-12-6-7-20-10-12/h2-5,8,12H,6-7,9-10H2,1H3,(H,17,23)/t12-/m0/s1. The molecular weight excluding hydrogens is 316 g/mol. The molecule has 7 heteroatoms. The SMILES string of the molecule is COc1ccc(COc2cc(C(=S)N[C@H]3CCOC3)on2)cc1. The molecule has 0 bridgehead atoms. The summed E-state index contributed by atoms with van der Waals surface area (Å²) in [5.41, 5.74) is 1.01. The van der Waals surface area contributed by atoms with Crippen LogP contribution in [0.25, 0.3) is 0 Å². The topological polar surface area (TPSA) is 65.8 Å². The van der Waals surface area contributed by atoms with Crippen molar-refractivity contribution in [3.8, 4) is 11.6 Å². The van der Waals surface area contributed by atoms with E-state index in [4.69, 9.17) is 31.0 Å². The molecule has 0 radical (unpaired) electrons. The van der Waals surface area contributed by atoms with Crippen molar-refractivity contribution in [3.63, 3.8) is 0 Å². The molecule has 3 rings (SSSR count). The van der Waals surface area contributed by atoms with E-state index in [1.54, 1.807) is 13.2 Å². The lowest BCUT2D eigenvalue weighted by atomic mass is 10.2. The molecule has 1 aliphatic rings. The van der Waals surface area contributed by atoms with Gasteiger partial charge in [-0.3, -0.25) is 0 Å². The number of aromatic nitrogens is 1. The van der Waals surface area contributed by atoms with Crippen LogP contribution in [-0.4, -0.2) is 36.5 Å². The average Bonchev–Trinajstić information content (AvgIpc) is 3.25. The summed E-state index contributed by atoms with van der Waals surface area (Å²) in [5, 5.41) is 7.08. The normalized spacial score (nSPS) is 17.0. The highest BCUT2D eigenvalue weighted by Gasteiger charge is 2.19. The number of benzene rings is 1. The van der Waals surface area contributed by atoms with Gasteiger partial charge in [-0.1, -0.05) is 24.4 Å². The number of nitrogens with zero attached hydrogens (tertiary/aromatic N) is 1. The van der Waals surface area contributed by atoms with Gasteiger partial charge in [0.05, 0.1) is 25.8 Å². The summed E-state index contributed by atoms with van der Waals surface area (Å²) in [6.07, 6.45) is 0.940. The number of ether oxygens (including phenoxy) is 3. The number of methoxy groups -OCH3 is 1. The minimum absolute atomic E-state index is 0.233. The van der Waals surface area contributed by atoms with Crippen molar-refractivity contribution in [1.29, 1.82) is 0 Å². The average molecular weight is 334 g/mol. The summed E-state index contributed by atoms with van der Waals surface area (Å²) in [6, 6.07) is 9.56. The Hall–Kier alpha value is -2.12. The first-order valence-electron chi connectivity index (χ1n) is 7.35. The van der Waals surface area contributed by atoms with Gasteiger partial charge in [0.1, 0.15) is 17.3 Å². The van der Waals surface area contributed by atoms with E-state index in [1.165, 1.54) is 0 Å². The van der Waals surface area contributed by atoms with Gasteiger partial charge in [-0.15, -0.1) is 0 Å². The Labute approximate surface area is 139 Å². The molecule has 1 aromatic carbocycles. The third-order valence-corrected chi connectivity index (χ3v) is 3.84. The van der Waals surface area contributed by atoms with E-state index in [0.717, 1.165) is 24.3 Å². The fraction of sp³-hybridized carbons (Fsp3) is 0.375. The number of nitrogens with one attached hydrogen (secondary N) is 1. The number of hydrogen-bond donors (Lipinski definition) is 1. The molecule has 1 fully saturated rings. The van der Waals surface area contributed by atoms with Crippen molar-refractivity contribution in [2.45, 2.75) is 19.1 Å². The van der Waals surface area contributed by atoms with Crippen molar-refractivity contribution in [2.75, 3.05) is 20.3 Å². The van der Waals surface area contributed by atoms with Gasteiger partial charge in [-0.05, 0) is 29.3 Å². The summed E-state index contributed by atoms with van der Waals surface area (Å²) >= 11 is 5.31. The van der Waals surface area contributed by atoms with E-state index in [9.17, 15) is 0 Å². The van der Waals surface area contributed by atoms with Gasteiger partial charge in [0.15, 0.2) is 5.76 Å². The minimum Gasteiger partial charge on any atom is -0.497 e. The maximum absolute atomic E-state index is 5.61. The smallest absolute Gasteiger partial charge is 0.255 e. The molecule has 6 nitrogen and oxygen atoms in total. The monoisotopic (exact) mass is 334 g/mol. The summed E-state index contributed by atoms with van der Waals surface area (Å²) < 4.78 is 21.2. The van der Waals surface area contributed by atoms with Gasteiger partial charge in [-0.2, -0.15) is 0 Å². The zero-order valence-corrected chi connectivity index (χ0v) is 13.6. The van der Waals surface area contributed by atoms with Gasteiger partial charge < -0.3 is 24.1 Å². The van der Waals surface area contributed by atoms with Crippen molar-refractivity contribution in [1.82, 2.24) is 10.5 Å². The highest BCUT2D eigenvalue weighted by molar-refractivity contribution is 7.80. The number of rotatable bonds is 6. The lowest BCUT2D eigenvalue weighted by Gasteiger charge is -2.10. The Morgan fingerprint density at radius 2 is 2.22 bits per heavy atom. The largest absolute Gasteiger partial charge is 0.497 e. The van der Waals surface area contributed by atoms with Crippen LogP contribution in [0.4, 0.5) is 0 Å². The van der Waals surface area contributed by atoms with E-state index in [1.807, 2.05) is 24.3 Å². The maximum Gasteiger partial charge on any atom is 0.255 e. The van der Waals surface area contributed by atoms with Gasteiger partial charge in [0, 0.05) is 6.61 Å². The van der Waals surface area contributed by atoms with Crippen LogP contribution < -0.4 is 14.8 Å². The van der Waals surface area contributed by atoms with Crippen LogP contribution in [0.2, 0.25) is 0 Å². The molecule has 1 N–H and O–H groups in total. The first-order valence-corrected chi connectivity index (χ1v) is 7.76. The predicted octanol–water partition coefficient (Wildman–Crippen LogP) is 2.32. The maximum atomic E-state index is 5.61. The Kier molecular flexibility index (Phi) is 5.09. The summed E-state index contributed by atoms with van der Waals surface area (Å²) in [4.78, 5) is 0.521. The molecule has 1 aromatic heterocycles. The van der Waals surface area contributed by atoms with E-state index in [0.29, 0.717) is 29.8 Å². The molecule has 0 saturated carbocycles. The second-order valence-electron chi connectivity index (χ2n) is 5.20. The molecule has 0 aliphatic carbocycles. The molecule has 1 saturated heterocycles. The molecule has 0 spiro atoms. The zero-order chi connectivity index (χ0) is 16.1. The summed E-state index contributed by atoms with van der Waals surface area (Å²) in [5.74, 6) is 1.71. The van der Waals surface area contributed by atoms with Crippen LogP contribution in [0.5, 0.6) is 11.6 Å². The van der Waals surface area contributed by atoms with Crippen LogP contribution in [0, 0.1) is 0 Å². The highest BCUT2D eigenvalue weighted by atomic mass is 32.1. The predicted molar refractivity (Wildman–Crippen MR) is 87.9 cm³/mol. The first kappa shape index (κ1) is 15.8. The Morgan fingerprint density at radius 3 is 2.91 bits per heavy atom. The van der Waals surface area contributed by atoms with Gasteiger partial charge in [-0.25, -0.2) is 0 Å². The van der Waals surface area contributed by atoms with E-state index >= 15 is 0 Å². The van der Waals surface area contributed by atoms with Crippen LogP contribution >= 0.6 is 12.2 Å². The van der Waals surface area contributed by atoms with Gasteiger partial charge in [0.25, 0.3) is 5.88 Å². The lowest BCUT2D eigenvalue weighted by molar-refractivity contribution is 0.192. The fourth-order valence-corrected chi connectivity index (χ4v) is 2.48. The molecular formula is C16H18N2O4S. The highest BCUT2D eigenvalue weighted by Crippen LogP contribution is 2.16. The van der Waals surface area contributed by atoms with Crippen molar-refractivity contribution < 1.29 is 18.7 Å². The van der Waals surface area contributed by atoms with Crippen molar-refractivity contribution >= 4 is 17.2 Å². The quantitative estimate of drug-likeness (QED) is 0.813. The van der Waals surface area contributed by atoms with Crippen LogP contribution in [-0.2, 0) is 11.3 Å². The summed E-state index contributed by atoms with van der Waals surface area (Å²) in [6.45, 7) is 1.81. The minimum atomic E-state index is 0.233. The van der Waals surface area contributed by atoms with Crippen LogP contribution in [0.15, 0.2) is 34.9 Å². The molecule has 1 atom stereocenters. The molecule has 0 amide bonds. The molecule has 1 aliphatic heterocycles. The van der Waals surface area contributed by atoms with Crippen molar-refractivity contribution in [3.05, 3.63) is 41.7 Å². The second-order valence-corrected chi connectivity index (χ2v) is 5.61. The Bertz CT molecular complexity index is 650. The van der Waals surface area contributed by atoms with E-state index < -0.39 is 0 Å². The molecule has 2 aromatic rings. The lowest BCUT2D eigenvalue weighted by Crippen LogP contribution is -2.34. The Morgan fingerprint density at radius 1 is 1.39 bits per heavy atom. The fourth-order valence-electron chi connectivity index (χ4n) is 2.22.